The first kappa shape index (κ1) is 17.8. The Labute approximate surface area is 149 Å². The summed E-state index contributed by atoms with van der Waals surface area (Å²) in [6, 6.07) is 8.32. The van der Waals surface area contributed by atoms with Crippen LogP contribution < -0.4 is 5.32 Å². The molecule has 2 aromatic rings. The second kappa shape index (κ2) is 8.87. The zero-order valence-electron chi connectivity index (χ0n) is 15.0. The van der Waals surface area contributed by atoms with Crippen LogP contribution >= 0.6 is 0 Å². The highest BCUT2D eigenvalue weighted by Gasteiger charge is 2.20. The number of carbonyl (C=O) groups excluding carboxylic acids is 1. The number of urea groups is 1. The Morgan fingerprint density at radius 3 is 2.84 bits per heavy atom. The lowest BCUT2D eigenvalue weighted by atomic mass is 10.1. The number of carbonyl (C=O) groups is 1. The number of amides is 2. The van der Waals surface area contributed by atoms with Crippen molar-refractivity contribution in [3.63, 3.8) is 0 Å². The average Bonchev–Trinajstić information content (AvgIpc) is 3.06. The van der Waals surface area contributed by atoms with E-state index in [9.17, 15) is 4.79 Å². The van der Waals surface area contributed by atoms with Crippen LogP contribution in [0.1, 0.15) is 12.0 Å². The standard InChI is InChI=1S/C19H28N4O2/c1-25-14-4-9-22-10-12-23(13-11-22)19(24)20-8-7-16-15-21-18-6-3-2-5-17(16)18/h2-3,5-6,15,21H,4,7-14H2,1H3,(H,20,24). The molecule has 1 saturated heterocycles. The number of methoxy groups -OCH3 is 1. The predicted molar refractivity (Wildman–Crippen MR) is 99.9 cm³/mol. The first-order chi connectivity index (χ1) is 12.3. The van der Waals surface area contributed by atoms with E-state index in [-0.39, 0.29) is 6.03 Å². The van der Waals surface area contributed by atoms with E-state index in [1.807, 2.05) is 23.2 Å². The number of rotatable bonds is 7. The Hall–Kier alpha value is -2.05. The molecule has 0 spiro atoms. The largest absolute Gasteiger partial charge is 0.385 e. The number of hydrogen-bond acceptors (Lipinski definition) is 3. The van der Waals surface area contributed by atoms with Crippen molar-refractivity contribution in [2.75, 3.05) is 53.0 Å². The normalized spacial score (nSPS) is 15.6. The van der Waals surface area contributed by atoms with Gasteiger partial charge in [0, 0.05) is 70.1 Å². The molecule has 2 amide bonds. The van der Waals surface area contributed by atoms with Crippen LogP contribution in [-0.2, 0) is 11.2 Å². The van der Waals surface area contributed by atoms with Crippen molar-refractivity contribution in [3.8, 4) is 0 Å². The van der Waals surface area contributed by atoms with Gasteiger partial charge in [-0.2, -0.15) is 0 Å². The summed E-state index contributed by atoms with van der Waals surface area (Å²) in [4.78, 5) is 19.9. The van der Waals surface area contributed by atoms with Gasteiger partial charge in [0.25, 0.3) is 0 Å². The highest BCUT2D eigenvalue weighted by molar-refractivity contribution is 5.83. The highest BCUT2D eigenvalue weighted by atomic mass is 16.5. The first-order valence-electron chi connectivity index (χ1n) is 9.07. The summed E-state index contributed by atoms with van der Waals surface area (Å²) in [5, 5.41) is 4.29. The molecule has 0 bridgehead atoms. The molecule has 2 N–H and O–H groups in total. The minimum absolute atomic E-state index is 0.0522. The third kappa shape index (κ3) is 4.74. The number of hydrogen-bond donors (Lipinski definition) is 2. The summed E-state index contributed by atoms with van der Waals surface area (Å²) >= 11 is 0. The number of ether oxygens (including phenoxy) is 1. The monoisotopic (exact) mass is 344 g/mol. The van der Waals surface area contributed by atoms with Crippen LogP contribution in [0, 0.1) is 0 Å². The van der Waals surface area contributed by atoms with Crippen molar-refractivity contribution < 1.29 is 9.53 Å². The van der Waals surface area contributed by atoms with E-state index in [0.29, 0.717) is 6.54 Å². The van der Waals surface area contributed by atoms with Crippen molar-refractivity contribution in [2.24, 2.45) is 0 Å². The van der Waals surface area contributed by atoms with Gasteiger partial charge in [0.2, 0.25) is 0 Å². The molecule has 3 rings (SSSR count). The quantitative estimate of drug-likeness (QED) is 0.756. The second-order valence-corrected chi connectivity index (χ2v) is 6.52. The van der Waals surface area contributed by atoms with Crippen molar-refractivity contribution in [1.82, 2.24) is 20.1 Å². The lowest BCUT2D eigenvalue weighted by Gasteiger charge is -2.34. The number of nitrogens with one attached hydrogen (secondary N) is 2. The van der Waals surface area contributed by atoms with Crippen LogP contribution in [-0.4, -0.2) is 73.8 Å². The number of para-hydroxylation sites is 1. The Morgan fingerprint density at radius 2 is 2.04 bits per heavy atom. The van der Waals surface area contributed by atoms with Crippen LogP contribution in [0.25, 0.3) is 10.9 Å². The highest BCUT2D eigenvalue weighted by Crippen LogP contribution is 2.17. The number of aromatic amines is 1. The van der Waals surface area contributed by atoms with Gasteiger partial charge >= 0.3 is 6.03 Å². The molecular formula is C19H28N4O2. The third-order valence-corrected chi connectivity index (χ3v) is 4.83. The SMILES string of the molecule is COCCCN1CCN(C(=O)NCCc2c[nH]c3ccccc23)CC1. The zero-order valence-corrected chi connectivity index (χ0v) is 15.0. The molecule has 1 aliphatic heterocycles. The zero-order chi connectivity index (χ0) is 17.5. The number of piperazine rings is 1. The van der Waals surface area contributed by atoms with E-state index in [1.165, 1.54) is 10.9 Å². The fourth-order valence-electron chi connectivity index (χ4n) is 3.36. The maximum atomic E-state index is 12.3. The molecule has 0 unspecified atom stereocenters. The minimum atomic E-state index is 0.0522. The van der Waals surface area contributed by atoms with E-state index in [2.05, 4.69) is 27.3 Å². The maximum Gasteiger partial charge on any atom is 0.317 e. The summed E-state index contributed by atoms with van der Waals surface area (Å²) in [6.45, 7) is 5.99. The molecular weight excluding hydrogens is 316 g/mol. The topological polar surface area (TPSA) is 60.6 Å². The number of H-pyrrole nitrogens is 1. The lowest BCUT2D eigenvalue weighted by molar-refractivity contribution is 0.125. The molecule has 0 atom stereocenters. The molecule has 0 radical (unpaired) electrons. The summed E-state index contributed by atoms with van der Waals surface area (Å²) in [5.41, 5.74) is 2.40. The van der Waals surface area contributed by atoms with Gasteiger partial charge in [-0.3, -0.25) is 4.90 Å². The van der Waals surface area contributed by atoms with Crippen LogP contribution in [0.5, 0.6) is 0 Å². The van der Waals surface area contributed by atoms with Gasteiger partial charge < -0.3 is 19.9 Å². The third-order valence-electron chi connectivity index (χ3n) is 4.83. The van der Waals surface area contributed by atoms with Crippen molar-refractivity contribution in [2.45, 2.75) is 12.8 Å². The Balaban J connectivity index is 1.38. The lowest BCUT2D eigenvalue weighted by Crippen LogP contribution is -2.52. The van der Waals surface area contributed by atoms with Gasteiger partial charge in [-0.05, 0) is 24.5 Å². The molecule has 6 heteroatoms. The van der Waals surface area contributed by atoms with E-state index >= 15 is 0 Å². The minimum Gasteiger partial charge on any atom is -0.385 e. The predicted octanol–water partition coefficient (Wildman–Crippen LogP) is 2.07. The van der Waals surface area contributed by atoms with Gasteiger partial charge in [-0.15, -0.1) is 0 Å². The molecule has 2 heterocycles. The molecule has 0 saturated carbocycles. The summed E-state index contributed by atoms with van der Waals surface area (Å²) in [6.07, 6.45) is 3.93. The van der Waals surface area contributed by atoms with Gasteiger partial charge in [-0.25, -0.2) is 4.79 Å². The molecule has 136 valence electrons. The van der Waals surface area contributed by atoms with Crippen molar-refractivity contribution in [3.05, 3.63) is 36.0 Å². The number of nitrogens with zero attached hydrogens (tertiary/aromatic N) is 2. The molecule has 1 aliphatic rings. The Bertz CT molecular complexity index is 677. The fraction of sp³-hybridized carbons (Fsp3) is 0.526. The Morgan fingerprint density at radius 1 is 1.24 bits per heavy atom. The van der Waals surface area contributed by atoms with Crippen LogP contribution in [0.4, 0.5) is 4.79 Å². The van der Waals surface area contributed by atoms with Gasteiger partial charge in [0.1, 0.15) is 0 Å². The fourth-order valence-corrected chi connectivity index (χ4v) is 3.36. The van der Waals surface area contributed by atoms with Crippen molar-refractivity contribution >= 4 is 16.9 Å². The number of benzene rings is 1. The van der Waals surface area contributed by atoms with E-state index in [0.717, 1.165) is 57.7 Å². The number of aromatic nitrogens is 1. The second-order valence-electron chi connectivity index (χ2n) is 6.52. The number of fused-ring (bicyclic) bond motifs is 1. The van der Waals surface area contributed by atoms with Crippen LogP contribution in [0.3, 0.4) is 0 Å². The van der Waals surface area contributed by atoms with Crippen LogP contribution in [0.2, 0.25) is 0 Å². The van der Waals surface area contributed by atoms with Gasteiger partial charge in [-0.1, -0.05) is 18.2 Å². The maximum absolute atomic E-state index is 12.3. The van der Waals surface area contributed by atoms with Gasteiger partial charge in [0.15, 0.2) is 0 Å². The molecule has 25 heavy (non-hydrogen) atoms. The van der Waals surface area contributed by atoms with E-state index in [4.69, 9.17) is 4.74 Å². The van der Waals surface area contributed by atoms with Gasteiger partial charge in [0.05, 0.1) is 0 Å². The molecule has 1 fully saturated rings. The average molecular weight is 344 g/mol. The van der Waals surface area contributed by atoms with E-state index < -0.39 is 0 Å². The smallest absolute Gasteiger partial charge is 0.317 e. The first-order valence-corrected chi connectivity index (χ1v) is 9.07. The summed E-state index contributed by atoms with van der Waals surface area (Å²) in [5.74, 6) is 0. The summed E-state index contributed by atoms with van der Waals surface area (Å²) in [7, 11) is 1.73. The molecule has 1 aromatic heterocycles. The van der Waals surface area contributed by atoms with Crippen LogP contribution in [0.15, 0.2) is 30.5 Å². The Kier molecular flexibility index (Phi) is 6.30. The van der Waals surface area contributed by atoms with E-state index in [1.54, 1.807) is 7.11 Å². The molecule has 0 aliphatic carbocycles. The van der Waals surface area contributed by atoms with Crippen molar-refractivity contribution in [1.29, 1.82) is 0 Å². The molecule has 1 aromatic carbocycles. The summed E-state index contributed by atoms with van der Waals surface area (Å²) < 4.78 is 5.09. The molecule has 6 nitrogen and oxygen atoms in total.